The van der Waals surface area contributed by atoms with Gasteiger partial charge in [-0.15, -0.1) is 0 Å². The number of amides is 3. The van der Waals surface area contributed by atoms with E-state index in [0.717, 1.165) is 0 Å². The maximum atomic E-state index is 11.7. The smallest absolute Gasteiger partial charge is 0.323 e. The second kappa shape index (κ2) is 6.39. The Morgan fingerprint density at radius 3 is 2.37 bits per heavy atom. The summed E-state index contributed by atoms with van der Waals surface area (Å²) >= 11 is 0. The van der Waals surface area contributed by atoms with Gasteiger partial charge in [0.25, 0.3) is 0 Å². The maximum Gasteiger partial charge on any atom is 0.323 e. The number of aliphatic carboxylic acids is 1. The molecule has 1 aromatic carbocycles. The third kappa shape index (κ3) is 4.30. The number of nitrogens with one attached hydrogen (secondary N) is 1. The lowest BCUT2D eigenvalue weighted by Crippen LogP contribution is -2.50. The summed E-state index contributed by atoms with van der Waals surface area (Å²) in [6.07, 6.45) is 0. The van der Waals surface area contributed by atoms with Gasteiger partial charge >= 0.3 is 12.0 Å². The molecular formula is C12H15N3O4. The Kier molecular flexibility index (Phi) is 4.87. The number of carbonyl (C=O) groups excluding carboxylic acids is 2. The lowest BCUT2D eigenvalue weighted by Gasteiger charge is -2.28. The van der Waals surface area contributed by atoms with Crippen molar-refractivity contribution in [2.24, 2.45) is 5.73 Å². The van der Waals surface area contributed by atoms with E-state index in [9.17, 15) is 14.4 Å². The molecule has 102 valence electrons. The molecule has 0 aliphatic rings. The first-order chi connectivity index (χ1) is 8.91. The van der Waals surface area contributed by atoms with E-state index in [-0.39, 0.29) is 6.54 Å². The van der Waals surface area contributed by atoms with E-state index in [1.54, 1.807) is 30.3 Å². The van der Waals surface area contributed by atoms with Crippen LogP contribution >= 0.6 is 0 Å². The minimum absolute atomic E-state index is 0.364. The fraction of sp³-hybridized carbons (Fsp3) is 0.250. The zero-order valence-electron chi connectivity index (χ0n) is 10.4. The SMILES string of the molecule is CC(C(=O)NC(N)=O)N(CC(=O)O)c1ccccc1. The molecule has 0 spiro atoms. The zero-order chi connectivity index (χ0) is 14.4. The van der Waals surface area contributed by atoms with E-state index in [0.29, 0.717) is 5.69 Å². The van der Waals surface area contributed by atoms with Gasteiger partial charge in [0.2, 0.25) is 5.91 Å². The van der Waals surface area contributed by atoms with Crippen molar-refractivity contribution in [2.45, 2.75) is 13.0 Å². The van der Waals surface area contributed by atoms with Gasteiger partial charge in [0, 0.05) is 5.69 Å². The molecule has 0 radical (unpaired) electrons. The van der Waals surface area contributed by atoms with Crippen molar-refractivity contribution in [3.8, 4) is 0 Å². The third-order valence-corrected chi connectivity index (χ3v) is 2.49. The van der Waals surface area contributed by atoms with Crippen molar-refractivity contribution in [1.29, 1.82) is 0 Å². The van der Waals surface area contributed by atoms with Crippen LogP contribution in [-0.4, -0.2) is 35.6 Å². The highest BCUT2D eigenvalue weighted by molar-refractivity contribution is 5.98. The lowest BCUT2D eigenvalue weighted by atomic mass is 10.2. The molecule has 0 saturated carbocycles. The number of hydrogen-bond donors (Lipinski definition) is 3. The fourth-order valence-electron chi connectivity index (χ4n) is 1.58. The van der Waals surface area contributed by atoms with Crippen LogP contribution in [0.5, 0.6) is 0 Å². The fourth-order valence-corrected chi connectivity index (χ4v) is 1.58. The van der Waals surface area contributed by atoms with E-state index < -0.39 is 23.9 Å². The van der Waals surface area contributed by atoms with Crippen molar-refractivity contribution >= 4 is 23.6 Å². The first-order valence-corrected chi connectivity index (χ1v) is 5.55. The minimum Gasteiger partial charge on any atom is -0.480 e. The van der Waals surface area contributed by atoms with Gasteiger partial charge in [-0.1, -0.05) is 18.2 Å². The average Bonchev–Trinajstić information content (AvgIpc) is 2.35. The number of urea groups is 1. The second-order valence-electron chi connectivity index (χ2n) is 3.89. The highest BCUT2D eigenvalue weighted by atomic mass is 16.4. The van der Waals surface area contributed by atoms with Crippen LogP contribution in [-0.2, 0) is 9.59 Å². The van der Waals surface area contributed by atoms with Crippen LogP contribution < -0.4 is 16.0 Å². The van der Waals surface area contributed by atoms with E-state index in [2.05, 4.69) is 0 Å². The highest BCUT2D eigenvalue weighted by Crippen LogP contribution is 2.16. The lowest BCUT2D eigenvalue weighted by molar-refractivity contribution is -0.135. The molecule has 1 unspecified atom stereocenters. The van der Waals surface area contributed by atoms with Gasteiger partial charge in [-0.2, -0.15) is 0 Å². The predicted molar refractivity (Wildman–Crippen MR) is 68.6 cm³/mol. The number of carboxylic acids is 1. The third-order valence-electron chi connectivity index (χ3n) is 2.49. The van der Waals surface area contributed by atoms with E-state index in [1.807, 2.05) is 5.32 Å². The number of para-hydroxylation sites is 1. The van der Waals surface area contributed by atoms with Gasteiger partial charge in [-0.05, 0) is 19.1 Å². The van der Waals surface area contributed by atoms with E-state index >= 15 is 0 Å². The first kappa shape index (κ1) is 14.5. The highest BCUT2D eigenvalue weighted by Gasteiger charge is 2.24. The number of carbonyl (C=O) groups is 3. The van der Waals surface area contributed by atoms with Crippen molar-refractivity contribution in [2.75, 3.05) is 11.4 Å². The molecule has 19 heavy (non-hydrogen) atoms. The molecule has 0 saturated heterocycles. The van der Waals surface area contributed by atoms with Gasteiger partial charge in [0.15, 0.2) is 0 Å². The molecule has 7 heteroatoms. The summed E-state index contributed by atoms with van der Waals surface area (Å²) < 4.78 is 0. The van der Waals surface area contributed by atoms with Gasteiger partial charge in [0.05, 0.1) is 0 Å². The van der Waals surface area contributed by atoms with Gasteiger partial charge < -0.3 is 15.7 Å². The van der Waals surface area contributed by atoms with Crippen molar-refractivity contribution in [1.82, 2.24) is 5.32 Å². The summed E-state index contributed by atoms with van der Waals surface area (Å²) in [5, 5.41) is 10.8. The van der Waals surface area contributed by atoms with Gasteiger partial charge in [-0.3, -0.25) is 14.9 Å². The van der Waals surface area contributed by atoms with Crippen LogP contribution in [0.15, 0.2) is 30.3 Å². The van der Waals surface area contributed by atoms with E-state index in [4.69, 9.17) is 10.8 Å². The normalized spacial score (nSPS) is 11.4. The van der Waals surface area contributed by atoms with Crippen LogP contribution in [0.2, 0.25) is 0 Å². The molecule has 0 bridgehead atoms. The van der Waals surface area contributed by atoms with E-state index in [1.165, 1.54) is 11.8 Å². The number of primary amides is 1. The molecule has 0 aliphatic carbocycles. The van der Waals surface area contributed by atoms with Crippen molar-refractivity contribution in [3.63, 3.8) is 0 Å². The van der Waals surface area contributed by atoms with Crippen LogP contribution in [0.3, 0.4) is 0 Å². The monoisotopic (exact) mass is 265 g/mol. The number of rotatable bonds is 5. The van der Waals surface area contributed by atoms with Crippen molar-refractivity contribution in [3.05, 3.63) is 30.3 Å². The molecule has 0 heterocycles. The molecule has 3 amide bonds. The first-order valence-electron chi connectivity index (χ1n) is 5.55. The zero-order valence-corrected chi connectivity index (χ0v) is 10.4. The Morgan fingerprint density at radius 2 is 1.89 bits per heavy atom. The summed E-state index contributed by atoms with van der Waals surface area (Å²) in [6, 6.07) is 6.77. The molecule has 7 nitrogen and oxygen atoms in total. The number of anilines is 1. The summed E-state index contributed by atoms with van der Waals surface area (Å²) in [4.78, 5) is 34.6. The Morgan fingerprint density at radius 1 is 1.32 bits per heavy atom. The van der Waals surface area contributed by atoms with Crippen LogP contribution in [0, 0.1) is 0 Å². The molecule has 0 aliphatic heterocycles. The van der Waals surface area contributed by atoms with Crippen molar-refractivity contribution < 1.29 is 19.5 Å². The number of hydrogen-bond acceptors (Lipinski definition) is 4. The number of benzene rings is 1. The Labute approximate surface area is 110 Å². The summed E-state index contributed by atoms with van der Waals surface area (Å²) in [6.45, 7) is 1.13. The molecule has 1 aromatic rings. The molecule has 0 fully saturated rings. The Hall–Kier alpha value is -2.57. The molecule has 1 atom stereocenters. The van der Waals surface area contributed by atoms with Crippen LogP contribution in [0.1, 0.15) is 6.92 Å². The summed E-state index contributed by atoms with van der Waals surface area (Å²) in [7, 11) is 0. The average molecular weight is 265 g/mol. The predicted octanol–water partition coefficient (Wildman–Crippen LogP) is 0.161. The summed E-state index contributed by atoms with van der Waals surface area (Å²) in [5.41, 5.74) is 5.43. The standard InChI is InChI=1S/C12H15N3O4/c1-8(11(18)14-12(13)19)15(7-10(16)17)9-5-3-2-4-6-9/h2-6,8H,7H2,1H3,(H,16,17)(H3,13,14,18,19). The Balaban J connectivity index is 2.94. The molecule has 1 rings (SSSR count). The number of carboxylic acid groups (broad SMARTS) is 1. The molecular weight excluding hydrogens is 250 g/mol. The van der Waals surface area contributed by atoms with Crippen LogP contribution in [0.4, 0.5) is 10.5 Å². The largest absolute Gasteiger partial charge is 0.480 e. The Bertz CT molecular complexity index is 475. The topological polar surface area (TPSA) is 113 Å². The second-order valence-corrected chi connectivity index (χ2v) is 3.89. The summed E-state index contributed by atoms with van der Waals surface area (Å²) in [5.74, 6) is -1.74. The number of nitrogens with zero attached hydrogens (tertiary/aromatic N) is 1. The molecule has 0 aromatic heterocycles. The quantitative estimate of drug-likeness (QED) is 0.702. The number of imide groups is 1. The molecule has 4 N–H and O–H groups in total. The minimum atomic E-state index is -1.08. The van der Waals surface area contributed by atoms with Gasteiger partial charge in [-0.25, -0.2) is 4.79 Å². The van der Waals surface area contributed by atoms with Gasteiger partial charge in [0.1, 0.15) is 12.6 Å². The maximum absolute atomic E-state index is 11.7. The number of nitrogens with two attached hydrogens (primary N) is 1. The van der Waals surface area contributed by atoms with Crippen LogP contribution in [0.25, 0.3) is 0 Å².